The van der Waals surface area contributed by atoms with Crippen molar-refractivity contribution in [1.29, 1.82) is 0 Å². The minimum atomic E-state index is -3.09. The third kappa shape index (κ3) is 7.24. The van der Waals surface area contributed by atoms with Crippen molar-refractivity contribution >= 4 is 27.3 Å². The summed E-state index contributed by atoms with van der Waals surface area (Å²) in [6.45, 7) is 5.70. The lowest BCUT2D eigenvalue weighted by molar-refractivity contribution is 0.579. The lowest BCUT2D eigenvalue weighted by Crippen LogP contribution is -2.40. The molecule has 3 N–H and O–H groups in total. The smallest absolute Gasteiger partial charge is 0.211 e. The zero-order valence-corrected chi connectivity index (χ0v) is 15.1. The number of nitrogens with zero attached hydrogens (tertiary/aromatic N) is 1. The van der Waals surface area contributed by atoms with Crippen LogP contribution < -0.4 is 15.4 Å². The van der Waals surface area contributed by atoms with Crippen LogP contribution in [0.1, 0.15) is 31.7 Å². The van der Waals surface area contributed by atoms with Crippen LogP contribution in [0.5, 0.6) is 0 Å². The van der Waals surface area contributed by atoms with Crippen molar-refractivity contribution in [3.05, 3.63) is 22.4 Å². The molecule has 0 aliphatic rings. The second-order valence-corrected chi connectivity index (χ2v) is 7.86. The summed E-state index contributed by atoms with van der Waals surface area (Å²) in [5.41, 5.74) is 1.32. The first-order chi connectivity index (χ1) is 10.5. The van der Waals surface area contributed by atoms with E-state index in [1.54, 1.807) is 25.3 Å². The molecule has 0 aliphatic heterocycles. The SMILES string of the molecule is CCS(=O)(=O)NCCCNC(=NC)NCC(C)c1ccsc1. The van der Waals surface area contributed by atoms with Crippen LogP contribution in [0.3, 0.4) is 0 Å². The van der Waals surface area contributed by atoms with E-state index in [-0.39, 0.29) is 5.75 Å². The second-order valence-electron chi connectivity index (χ2n) is 4.99. The fraction of sp³-hybridized carbons (Fsp3) is 0.643. The summed E-state index contributed by atoms with van der Waals surface area (Å²) in [6, 6.07) is 2.13. The van der Waals surface area contributed by atoms with Gasteiger partial charge in [0.25, 0.3) is 0 Å². The Labute approximate surface area is 137 Å². The molecular formula is C14H26N4O2S2. The van der Waals surface area contributed by atoms with E-state index in [1.807, 2.05) is 0 Å². The molecule has 1 aromatic rings. The minimum absolute atomic E-state index is 0.115. The van der Waals surface area contributed by atoms with Crippen molar-refractivity contribution in [3.8, 4) is 0 Å². The highest BCUT2D eigenvalue weighted by Crippen LogP contribution is 2.16. The molecule has 0 aliphatic carbocycles. The van der Waals surface area contributed by atoms with E-state index in [2.05, 4.69) is 44.1 Å². The molecule has 1 aromatic heterocycles. The Hall–Kier alpha value is -1.12. The predicted molar refractivity (Wildman–Crippen MR) is 94.2 cm³/mol. The van der Waals surface area contributed by atoms with Crippen molar-refractivity contribution in [2.24, 2.45) is 4.99 Å². The van der Waals surface area contributed by atoms with Gasteiger partial charge in [0.1, 0.15) is 0 Å². The molecule has 0 aromatic carbocycles. The fourth-order valence-corrected chi connectivity index (χ4v) is 3.21. The lowest BCUT2D eigenvalue weighted by atomic mass is 10.1. The van der Waals surface area contributed by atoms with Crippen LogP contribution in [-0.4, -0.2) is 46.8 Å². The molecule has 1 atom stereocenters. The van der Waals surface area contributed by atoms with Crippen LogP contribution in [0.2, 0.25) is 0 Å². The Morgan fingerprint density at radius 2 is 2.14 bits per heavy atom. The Bertz CT molecular complexity index is 541. The molecule has 0 bridgehead atoms. The Balaban J connectivity index is 2.20. The molecule has 0 spiro atoms. The lowest BCUT2D eigenvalue weighted by Gasteiger charge is -2.15. The molecule has 0 fully saturated rings. The number of hydrogen-bond acceptors (Lipinski definition) is 4. The fourth-order valence-electron chi connectivity index (χ4n) is 1.77. The first-order valence-corrected chi connectivity index (χ1v) is 10.0. The van der Waals surface area contributed by atoms with Crippen LogP contribution in [0.15, 0.2) is 21.8 Å². The van der Waals surface area contributed by atoms with Crippen molar-refractivity contribution in [3.63, 3.8) is 0 Å². The number of sulfonamides is 1. The first kappa shape index (κ1) is 18.9. The standard InChI is InChI=1S/C14H26N4O2S2/c1-4-22(19,20)18-8-5-7-16-14(15-3)17-10-12(2)13-6-9-21-11-13/h6,9,11-12,18H,4-5,7-8,10H2,1-3H3,(H2,15,16,17). The summed E-state index contributed by atoms with van der Waals surface area (Å²) in [4.78, 5) is 4.16. The van der Waals surface area contributed by atoms with Crippen LogP contribution in [0.4, 0.5) is 0 Å². The topological polar surface area (TPSA) is 82.6 Å². The highest BCUT2D eigenvalue weighted by Gasteiger charge is 2.07. The van der Waals surface area contributed by atoms with Gasteiger partial charge < -0.3 is 10.6 Å². The van der Waals surface area contributed by atoms with E-state index in [9.17, 15) is 8.42 Å². The van der Waals surface area contributed by atoms with E-state index < -0.39 is 10.0 Å². The molecule has 1 rings (SSSR count). The maximum absolute atomic E-state index is 11.3. The average molecular weight is 347 g/mol. The highest BCUT2D eigenvalue weighted by molar-refractivity contribution is 7.89. The number of aliphatic imine (C=N–C) groups is 1. The summed E-state index contributed by atoms with van der Waals surface area (Å²) < 4.78 is 25.1. The van der Waals surface area contributed by atoms with Crippen LogP contribution in [0.25, 0.3) is 0 Å². The number of guanidine groups is 1. The quantitative estimate of drug-likeness (QED) is 0.358. The molecule has 22 heavy (non-hydrogen) atoms. The monoisotopic (exact) mass is 346 g/mol. The molecule has 0 saturated heterocycles. The van der Waals surface area contributed by atoms with Gasteiger partial charge in [-0.05, 0) is 41.7 Å². The number of nitrogens with one attached hydrogen (secondary N) is 3. The zero-order valence-electron chi connectivity index (χ0n) is 13.4. The maximum atomic E-state index is 11.3. The summed E-state index contributed by atoms with van der Waals surface area (Å²) >= 11 is 1.70. The minimum Gasteiger partial charge on any atom is -0.356 e. The summed E-state index contributed by atoms with van der Waals surface area (Å²) in [5, 5.41) is 10.7. The third-order valence-corrected chi connectivity index (χ3v) is 5.37. The van der Waals surface area contributed by atoms with Crippen LogP contribution in [-0.2, 0) is 10.0 Å². The van der Waals surface area contributed by atoms with Gasteiger partial charge in [-0.3, -0.25) is 4.99 Å². The van der Waals surface area contributed by atoms with Gasteiger partial charge in [-0.25, -0.2) is 13.1 Å². The van der Waals surface area contributed by atoms with Gasteiger partial charge in [0.05, 0.1) is 5.75 Å². The molecule has 0 radical (unpaired) electrons. The molecule has 0 saturated carbocycles. The van der Waals surface area contributed by atoms with Gasteiger partial charge in [-0.15, -0.1) is 0 Å². The van der Waals surface area contributed by atoms with Gasteiger partial charge in [0, 0.05) is 26.7 Å². The highest BCUT2D eigenvalue weighted by atomic mass is 32.2. The molecule has 126 valence electrons. The molecule has 1 heterocycles. The molecule has 8 heteroatoms. The zero-order chi connectivity index (χ0) is 16.4. The van der Waals surface area contributed by atoms with E-state index in [1.165, 1.54) is 5.56 Å². The van der Waals surface area contributed by atoms with E-state index in [0.717, 1.165) is 12.5 Å². The summed E-state index contributed by atoms with van der Waals surface area (Å²) in [7, 11) is -1.37. The van der Waals surface area contributed by atoms with Crippen molar-refractivity contribution in [2.75, 3.05) is 32.4 Å². The molecule has 0 amide bonds. The van der Waals surface area contributed by atoms with E-state index in [4.69, 9.17) is 0 Å². The average Bonchev–Trinajstić information content (AvgIpc) is 3.04. The number of hydrogen-bond donors (Lipinski definition) is 3. The normalized spacial score (nSPS) is 13.9. The van der Waals surface area contributed by atoms with Gasteiger partial charge in [0.2, 0.25) is 10.0 Å². The number of rotatable bonds is 9. The van der Waals surface area contributed by atoms with Gasteiger partial charge in [-0.2, -0.15) is 11.3 Å². The van der Waals surface area contributed by atoms with Gasteiger partial charge >= 0.3 is 0 Å². The molecular weight excluding hydrogens is 320 g/mol. The third-order valence-electron chi connectivity index (χ3n) is 3.26. The largest absolute Gasteiger partial charge is 0.356 e. The number of thiophene rings is 1. The van der Waals surface area contributed by atoms with Crippen molar-refractivity contribution in [1.82, 2.24) is 15.4 Å². The van der Waals surface area contributed by atoms with E-state index in [0.29, 0.717) is 25.4 Å². The Morgan fingerprint density at radius 1 is 1.36 bits per heavy atom. The Kier molecular flexibility index (Phi) is 8.44. The van der Waals surface area contributed by atoms with Gasteiger partial charge in [0.15, 0.2) is 5.96 Å². The first-order valence-electron chi connectivity index (χ1n) is 7.42. The summed E-state index contributed by atoms with van der Waals surface area (Å²) in [5.74, 6) is 1.27. The Morgan fingerprint density at radius 3 is 2.73 bits per heavy atom. The maximum Gasteiger partial charge on any atom is 0.211 e. The molecule has 6 nitrogen and oxygen atoms in total. The van der Waals surface area contributed by atoms with Crippen LogP contribution in [0, 0.1) is 0 Å². The van der Waals surface area contributed by atoms with Gasteiger partial charge in [-0.1, -0.05) is 6.92 Å². The predicted octanol–water partition coefficient (Wildman–Crippen LogP) is 1.35. The van der Waals surface area contributed by atoms with E-state index >= 15 is 0 Å². The van der Waals surface area contributed by atoms with Crippen molar-refractivity contribution in [2.45, 2.75) is 26.2 Å². The summed E-state index contributed by atoms with van der Waals surface area (Å²) in [6.07, 6.45) is 0.708. The molecule has 1 unspecified atom stereocenters. The van der Waals surface area contributed by atoms with Crippen LogP contribution >= 0.6 is 11.3 Å². The van der Waals surface area contributed by atoms with Crippen molar-refractivity contribution < 1.29 is 8.42 Å². The second kappa shape index (κ2) is 9.81.